The highest BCUT2D eigenvalue weighted by Crippen LogP contribution is 2.21. The number of hydrogen-bond acceptors (Lipinski definition) is 4. The normalized spacial score (nSPS) is 21.2. The summed E-state index contributed by atoms with van der Waals surface area (Å²) < 4.78 is 5.68. The molecule has 1 aliphatic heterocycles. The number of ether oxygens (including phenoxy) is 1. The molecular formula is C18H19NO3S. The van der Waals surface area contributed by atoms with Crippen molar-refractivity contribution in [2.45, 2.75) is 26.1 Å². The van der Waals surface area contributed by atoms with Gasteiger partial charge in [-0.05, 0) is 31.4 Å². The summed E-state index contributed by atoms with van der Waals surface area (Å²) in [5.74, 6) is -0.203. The molecule has 1 fully saturated rings. The van der Waals surface area contributed by atoms with E-state index in [1.54, 1.807) is 35.2 Å². The monoisotopic (exact) mass is 329 g/mol. The quantitative estimate of drug-likeness (QED) is 0.812. The van der Waals surface area contributed by atoms with Crippen molar-refractivity contribution in [2.75, 3.05) is 13.1 Å². The van der Waals surface area contributed by atoms with Crippen molar-refractivity contribution in [1.29, 1.82) is 0 Å². The first kappa shape index (κ1) is 15.9. The van der Waals surface area contributed by atoms with Crippen LogP contribution in [-0.4, -0.2) is 41.9 Å². The van der Waals surface area contributed by atoms with Crippen LogP contribution in [0, 0.1) is 0 Å². The van der Waals surface area contributed by atoms with Crippen molar-refractivity contribution in [3.05, 3.63) is 57.8 Å². The van der Waals surface area contributed by atoms with Crippen LogP contribution < -0.4 is 0 Å². The number of ketones is 1. The highest BCUT2D eigenvalue weighted by Gasteiger charge is 2.29. The first-order valence-corrected chi connectivity index (χ1v) is 8.56. The fourth-order valence-electron chi connectivity index (χ4n) is 2.92. The van der Waals surface area contributed by atoms with Crippen LogP contribution in [0.25, 0.3) is 0 Å². The summed E-state index contributed by atoms with van der Waals surface area (Å²) in [5, 5.41) is 1.86. The second-order valence-electron chi connectivity index (χ2n) is 5.82. The van der Waals surface area contributed by atoms with Crippen LogP contribution in [-0.2, 0) is 4.74 Å². The van der Waals surface area contributed by atoms with Gasteiger partial charge in [0.1, 0.15) is 0 Å². The van der Waals surface area contributed by atoms with Gasteiger partial charge in [0.15, 0.2) is 0 Å². The molecule has 1 saturated heterocycles. The van der Waals surface area contributed by atoms with E-state index < -0.39 is 0 Å². The van der Waals surface area contributed by atoms with Crippen molar-refractivity contribution >= 4 is 23.0 Å². The van der Waals surface area contributed by atoms with Gasteiger partial charge < -0.3 is 9.64 Å². The molecule has 2 unspecified atom stereocenters. The summed E-state index contributed by atoms with van der Waals surface area (Å²) in [4.78, 5) is 28.0. The minimum Gasteiger partial charge on any atom is -0.372 e. The molecule has 4 nitrogen and oxygen atoms in total. The number of amides is 1. The van der Waals surface area contributed by atoms with Crippen LogP contribution in [0.1, 0.15) is 39.4 Å². The summed E-state index contributed by atoms with van der Waals surface area (Å²) in [6.07, 6.45) is 0.00530. The molecule has 23 heavy (non-hydrogen) atoms. The molecule has 2 heterocycles. The van der Waals surface area contributed by atoms with Gasteiger partial charge in [-0.15, -0.1) is 11.3 Å². The van der Waals surface area contributed by atoms with Gasteiger partial charge in [0.2, 0.25) is 5.78 Å². The topological polar surface area (TPSA) is 46.6 Å². The van der Waals surface area contributed by atoms with Crippen molar-refractivity contribution in [3.63, 3.8) is 0 Å². The second-order valence-corrected chi connectivity index (χ2v) is 6.77. The van der Waals surface area contributed by atoms with Gasteiger partial charge in [-0.2, -0.15) is 0 Å². The average Bonchev–Trinajstić information content (AvgIpc) is 3.07. The Kier molecular flexibility index (Phi) is 4.59. The second kappa shape index (κ2) is 6.64. The SMILES string of the molecule is CC1CN(C(=O)c2ccccc2C(=O)c2cccs2)CC(C)O1. The Morgan fingerprint density at radius 2 is 1.70 bits per heavy atom. The Bertz CT molecular complexity index is 701. The third kappa shape index (κ3) is 3.35. The number of carbonyl (C=O) groups is 2. The Hall–Kier alpha value is -1.98. The zero-order chi connectivity index (χ0) is 16.4. The van der Waals surface area contributed by atoms with Crippen LogP contribution in [0.15, 0.2) is 41.8 Å². The van der Waals surface area contributed by atoms with E-state index in [1.165, 1.54) is 11.3 Å². The van der Waals surface area contributed by atoms with E-state index in [2.05, 4.69) is 0 Å². The smallest absolute Gasteiger partial charge is 0.254 e. The Morgan fingerprint density at radius 3 is 2.30 bits per heavy atom. The number of benzene rings is 1. The van der Waals surface area contributed by atoms with Crippen LogP contribution >= 0.6 is 11.3 Å². The maximum absolute atomic E-state index is 12.9. The Balaban J connectivity index is 1.91. The predicted octanol–water partition coefficient (Wildman–Crippen LogP) is 3.23. The minimum atomic E-state index is -0.104. The van der Waals surface area contributed by atoms with Gasteiger partial charge in [-0.3, -0.25) is 9.59 Å². The van der Waals surface area contributed by atoms with Crippen LogP contribution in [0.4, 0.5) is 0 Å². The molecule has 3 rings (SSSR count). The average molecular weight is 329 g/mol. The molecule has 1 aromatic carbocycles. The Labute approximate surface area is 139 Å². The van der Waals surface area contributed by atoms with E-state index in [-0.39, 0.29) is 23.9 Å². The first-order valence-electron chi connectivity index (χ1n) is 7.68. The molecule has 0 aliphatic carbocycles. The van der Waals surface area contributed by atoms with E-state index in [1.807, 2.05) is 25.3 Å². The van der Waals surface area contributed by atoms with Crippen LogP contribution in [0.5, 0.6) is 0 Å². The Morgan fingerprint density at radius 1 is 1.04 bits per heavy atom. The molecule has 0 radical (unpaired) electrons. The van der Waals surface area contributed by atoms with Crippen molar-refractivity contribution in [1.82, 2.24) is 4.90 Å². The van der Waals surface area contributed by atoms with Crippen LogP contribution in [0.2, 0.25) is 0 Å². The highest BCUT2D eigenvalue weighted by atomic mass is 32.1. The van der Waals surface area contributed by atoms with E-state index in [9.17, 15) is 9.59 Å². The molecule has 0 bridgehead atoms. The lowest BCUT2D eigenvalue weighted by molar-refractivity contribution is -0.0586. The number of morpholine rings is 1. The van der Waals surface area contributed by atoms with Gasteiger partial charge in [-0.1, -0.05) is 24.3 Å². The number of nitrogens with zero attached hydrogens (tertiary/aromatic N) is 1. The van der Waals surface area contributed by atoms with Crippen molar-refractivity contribution in [2.24, 2.45) is 0 Å². The molecule has 120 valence electrons. The molecule has 0 spiro atoms. The lowest BCUT2D eigenvalue weighted by atomic mass is 10.0. The highest BCUT2D eigenvalue weighted by molar-refractivity contribution is 7.12. The van der Waals surface area contributed by atoms with Gasteiger partial charge in [0.05, 0.1) is 22.6 Å². The predicted molar refractivity (Wildman–Crippen MR) is 90.1 cm³/mol. The van der Waals surface area contributed by atoms with E-state index >= 15 is 0 Å². The van der Waals surface area contributed by atoms with Gasteiger partial charge in [0.25, 0.3) is 5.91 Å². The molecular weight excluding hydrogens is 310 g/mol. The lowest BCUT2D eigenvalue weighted by Gasteiger charge is -2.35. The van der Waals surface area contributed by atoms with Gasteiger partial charge in [0, 0.05) is 18.7 Å². The first-order chi connectivity index (χ1) is 11.1. The fraction of sp³-hybridized carbons (Fsp3) is 0.333. The number of rotatable bonds is 3. The van der Waals surface area contributed by atoms with Gasteiger partial charge in [-0.25, -0.2) is 0 Å². The molecule has 1 aliphatic rings. The van der Waals surface area contributed by atoms with E-state index in [4.69, 9.17) is 4.74 Å². The largest absolute Gasteiger partial charge is 0.372 e. The molecule has 1 amide bonds. The molecule has 2 atom stereocenters. The molecule has 1 aromatic heterocycles. The molecule has 5 heteroatoms. The van der Waals surface area contributed by atoms with Crippen molar-refractivity contribution in [3.8, 4) is 0 Å². The number of hydrogen-bond donors (Lipinski definition) is 0. The summed E-state index contributed by atoms with van der Waals surface area (Å²) in [6.45, 7) is 5.01. The summed E-state index contributed by atoms with van der Waals surface area (Å²) >= 11 is 1.39. The third-order valence-corrected chi connectivity index (χ3v) is 4.72. The fourth-order valence-corrected chi connectivity index (χ4v) is 3.60. The number of carbonyl (C=O) groups excluding carboxylic acids is 2. The maximum atomic E-state index is 12.9. The molecule has 0 N–H and O–H groups in total. The van der Waals surface area contributed by atoms with Gasteiger partial charge >= 0.3 is 0 Å². The van der Waals surface area contributed by atoms with Crippen molar-refractivity contribution < 1.29 is 14.3 Å². The molecule has 2 aromatic rings. The zero-order valence-electron chi connectivity index (χ0n) is 13.2. The van der Waals surface area contributed by atoms with E-state index in [0.717, 1.165) is 0 Å². The summed E-state index contributed by atoms with van der Waals surface area (Å²) in [7, 11) is 0. The van der Waals surface area contributed by atoms with E-state index in [0.29, 0.717) is 29.1 Å². The summed E-state index contributed by atoms with van der Waals surface area (Å²) in [6, 6.07) is 10.7. The summed E-state index contributed by atoms with van der Waals surface area (Å²) in [5.41, 5.74) is 0.930. The number of thiophene rings is 1. The standard InChI is InChI=1S/C18H19NO3S/c1-12-10-19(11-13(2)22-12)18(21)15-7-4-3-6-14(15)17(20)16-8-5-9-23-16/h3-9,12-13H,10-11H2,1-2H3. The molecule has 0 saturated carbocycles. The zero-order valence-corrected chi connectivity index (χ0v) is 14.0. The van der Waals surface area contributed by atoms with Crippen LogP contribution in [0.3, 0.4) is 0 Å². The third-order valence-electron chi connectivity index (χ3n) is 3.85. The minimum absolute atomic E-state index is 0.00265. The lowest BCUT2D eigenvalue weighted by Crippen LogP contribution is -2.48. The maximum Gasteiger partial charge on any atom is 0.254 e.